The summed E-state index contributed by atoms with van der Waals surface area (Å²) >= 11 is 12.6. The minimum Gasteiger partial charge on any atom is -0.478 e. The van der Waals surface area contributed by atoms with Crippen LogP contribution >= 0.6 is 34.5 Å². The Bertz CT molecular complexity index is 654. The molecule has 0 radical (unpaired) electrons. The van der Waals surface area contributed by atoms with Crippen molar-refractivity contribution >= 4 is 52.1 Å². The van der Waals surface area contributed by atoms with Gasteiger partial charge >= 0.3 is 5.97 Å². The number of rotatable bonds is 3. The van der Waals surface area contributed by atoms with Crippen LogP contribution in [0.2, 0.25) is 9.36 Å². The molecule has 1 aromatic carbocycles. The molecule has 0 saturated heterocycles. The van der Waals surface area contributed by atoms with Crippen molar-refractivity contribution in [3.8, 4) is 0 Å². The molecule has 0 spiro atoms. The van der Waals surface area contributed by atoms with Crippen molar-refractivity contribution in [2.24, 2.45) is 0 Å². The third-order valence-corrected chi connectivity index (χ3v) is 3.72. The number of hydrogen-bond donors (Lipinski definition) is 2. The van der Waals surface area contributed by atoms with E-state index in [1.54, 1.807) is 12.1 Å². The smallest absolute Gasteiger partial charge is 0.337 e. The number of anilines is 1. The van der Waals surface area contributed by atoms with Gasteiger partial charge in [-0.15, -0.1) is 11.3 Å². The Kier molecular flexibility index (Phi) is 4.09. The molecule has 0 saturated carbocycles. The molecule has 1 amide bonds. The Morgan fingerprint density at radius 1 is 1.16 bits per heavy atom. The molecular weight excluding hydrogens is 309 g/mol. The van der Waals surface area contributed by atoms with Gasteiger partial charge in [-0.3, -0.25) is 4.79 Å². The second-order valence-corrected chi connectivity index (χ2v) is 5.70. The van der Waals surface area contributed by atoms with Gasteiger partial charge < -0.3 is 10.4 Å². The van der Waals surface area contributed by atoms with Crippen molar-refractivity contribution in [1.82, 2.24) is 0 Å². The molecule has 0 aliphatic rings. The Labute approximate surface area is 122 Å². The van der Waals surface area contributed by atoms with E-state index in [1.165, 1.54) is 18.2 Å². The molecule has 0 aliphatic heterocycles. The van der Waals surface area contributed by atoms with Crippen LogP contribution in [0.25, 0.3) is 0 Å². The number of benzene rings is 1. The topological polar surface area (TPSA) is 66.4 Å². The van der Waals surface area contributed by atoms with Crippen LogP contribution < -0.4 is 5.32 Å². The molecule has 1 aromatic heterocycles. The van der Waals surface area contributed by atoms with Crippen LogP contribution in [-0.4, -0.2) is 17.0 Å². The Hall–Kier alpha value is -1.56. The summed E-state index contributed by atoms with van der Waals surface area (Å²) in [5, 5.41) is 11.9. The summed E-state index contributed by atoms with van der Waals surface area (Å²) in [6.07, 6.45) is 0. The average molecular weight is 316 g/mol. The number of hydrogen-bond acceptors (Lipinski definition) is 3. The minimum absolute atomic E-state index is 0.0274. The molecule has 0 fully saturated rings. The number of aromatic carboxylic acids is 1. The Balaban J connectivity index is 2.30. The van der Waals surface area contributed by atoms with E-state index in [0.29, 0.717) is 14.2 Å². The molecule has 19 heavy (non-hydrogen) atoms. The van der Waals surface area contributed by atoms with Gasteiger partial charge in [0, 0.05) is 5.02 Å². The van der Waals surface area contributed by atoms with Crippen LogP contribution in [0.15, 0.2) is 30.3 Å². The predicted molar refractivity (Wildman–Crippen MR) is 75.7 cm³/mol. The van der Waals surface area contributed by atoms with E-state index in [0.717, 1.165) is 11.3 Å². The molecule has 0 bridgehead atoms. The lowest BCUT2D eigenvalue weighted by Gasteiger charge is -2.07. The molecular formula is C12H7Cl2NO3S. The zero-order valence-corrected chi connectivity index (χ0v) is 11.6. The third-order valence-electron chi connectivity index (χ3n) is 2.26. The van der Waals surface area contributed by atoms with E-state index in [-0.39, 0.29) is 11.3 Å². The number of carbonyl (C=O) groups excluding carboxylic acids is 1. The summed E-state index contributed by atoms with van der Waals surface area (Å²) in [5.41, 5.74) is 0.120. The normalized spacial score (nSPS) is 10.2. The standard InChI is InChI=1S/C12H7Cl2NO3S/c13-6-1-2-7(12(17)18)8(5-6)15-11(16)9-3-4-10(14)19-9/h1-5H,(H,15,16)(H,17,18). The third kappa shape index (κ3) is 3.26. The first-order chi connectivity index (χ1) is 8.97. The average Bonchev–Trinajstić information content (AvgIpc) is 2.75. The van der Waals surface area contributed by atoms with Gasteiger partial charge in [0.05, 0.1) is 20.5 Å². The summed E-state index contributed by atoms with van der Waals surface area (Å²) in [6.45, 7) is 0. The number of carboxylic acid groups (broad SMARTS) is 1. The lowest BCUT2D eigenvalue weighted by Crippen LogP contribution is -2.13. The fourth-order valence-electron chi connectivity index (χ4n) is 1.43. The first kappa shape index (κ1) is 13.9. The molecule has 0 unspecified atom stereocenters. The van der Waals surface area contributed by atoms with Crippen molar-refractivity contribution in [3.63, 3.8) is 0 Å². The van der Waals surface area contributed by atoms with E-state index in [2.05, 4.69) is 5.32 Å². The van der Waals surface area contributed by atoms with Crippen molar-refractivity contribution in [2.75, 3.05) is 5.32 Å². The van der Waals surface area contributed by atoms with Crippen molar-refractivity contribution in [2.45, 2.75) is 0 Å². The largest absolute Gasteiger partial charge is 0.478 e. The summed E-state index contributed by atoms with van der Waals surface area (Å²) in [4.78, 5) is 23.4. The molecule has 2 N–H and O–H groups in total. The van der Waals surface area contributed by atoms with Crippen molar-refractivity contribution in [1.29, 1.82) is 0 Å². The van der Waals surface area contributed by atoms with E-state index in [1.807, 2.05) is 0 Å². The van der Waals surface area contributed by atoms with Crippen molar-refractivity contribution < 1.29 is 14.7 Å². The summed E-state index contributed by atoms with van der Waals surface area (Å²) < 4.78 is 0.481. The van der Waals surface area contributed by atoms with Crippen LogP contribution in [0, 0.1) is 0 Å². The molecule has 2 rings (SSSR count). The SMILES string of the molecule is O=C(Nc1cc(Cl)ccc1C(=O)O)c1ccc(Cl)s1. The Morgan fingerprint density at radius 2 is 1.89 bits per heavy atom. The zero-order valence-electron chi connectivity index (χ0n) is 9.31. The van der Waals surface area contributed by atoms with E-state index >= 15 is 0 Å². The van der Waals surface area contributed by atoms with E-state index in [9.17, 15) is 9.59 Å². The number of thiophene rings is 1. The van der Waals surface area contributed by atoms with Crippen LogP contribution in [-0.2, 0) is 0 Å². The quantitative estimate of drug-likeness (QED) is 0.899. The first-order valence-corrected chi connectivity index (χ1v) is 6.64. The van der Waals surface area contributed by atoms with Crippen LogP contribution in [0.5, 0.6) is 0 Å². The van der Waals surface area contributed by atoms with Gasteiger partial charge in [-0.05, 0) is 30.3 Å². The van der Waals surface area contributed by atoms with Gasteiger partial charge in [0.2, 0.25) is 0 Å². The maximum Gasteiger partial charge on any atom is 0.337 e. The molecule has 2 aromatic rings. The van der Waals surface area contributed by atoms with Gasteiger partial charge in [0.25, 0.3) is 5.91 Å². The van der Waals surface area contributed by atoms with Crippen molar-refractivity contribution in [3.05, 3.63) is 50.1 Å². The highest BCUT2D eigenvalue weighted by Gasteiger charge is 2.15. The minimum atomic E-state index is -1.14. The van der Waals surface area contributed by atoms with Crippen LogP contribution in [0.1, 0.15) is 20.0 Å². The molecule has 1 heterocycles. The highest BCUT2D eigenvalue weighted by molar-refractivity contribution is 7.18. The highest BCUT2D eigenvalue weighted by Crippen LogP contribution is 2.25. The molecule has 0 aliphatic carbocycles. The monoisotopic (exact) mass is 315 g/mol. The molecule has 98 valence electrons. The second-order valence-electron chi connectivity index (χ2n) is 3.55. The highest BCUT2D eigenvalue weighted by atomic mass is 35.5. The summed E-state index contributed by atoms with van der Waals surface area (Å²) in [7, 11) is 0. The van der Waals surface area contributed by atoms with Gasteiger partial charge in [0.1, 0.15) is 0 Å². The van der Waals surface area contributed by atoms with Gasteiger partial charge in [-0.25, -0.2) is 4.79 Å². The number of carbonyl (C=O) groups is 2. The summed E-state index contributed by atoms with van der Waals surface area (Å²) in [6, 6.07) is 7.33. The van der Waals surface area contributed by atoms with E-state index < -0.39 is 11.9 Å². The molecule has 0 atom stereocenters. The van der Waals surface area contributed by atoms with Gasteiger partial charge in [-0.2, -0.15) is 0 Å². The first-order valence-electron chi connectivity index (χ1n) is 5.07. The number of nitrogens with one attached hydrogen (secondary N) is 1. The fourth-order valence-corrected chi connectivity index (χ4v) is 2.54. The Morgan fingerprint density at radius 3 is 2.47 bits per heavy atom. The maximum absolute atomic E-state index is 11.9. The van der Waals surface area contributed by atoms with Crippen LogP contribution in [0.4, 0.5) is 5.69 Å². The molecule has 4 nitrogen and oxygen atoms in total. The number of halogens is 2. The second kappa shape index (κ2) is 5.61. The fraction of sp³-hybridized carbons (Fsp3) is 0. The number of carboxylic acids is 1. The lowest BCUT2D eigenvalue weighted by molar-refractivity contribution is 0.0698. The maximum atomic E-state index is 11.9. The number of amides is 1. The zero-order chi connectivity index (χ0) is 14.0. The van der Waals surface area contributed by atoms with Gasteiger partial charge in [-0.1, -0.05) is 23.2 Å². The lowest BCUT2D eigenvalue weighted by atomic mass is 10.2. The summed E-state index contributed by atoms with van der Waals surface area (Å²) in [5.74, 6) is -1.57. The van der Waals surface area contributed by atoms with E-state index in [4.69, 9.17) is 28.3 Å². The predicted octanol–water partition coefficient (Wildman–Crippen LogP) is 4.01. The molecule has 7 heteroatoms. The van der Waals surface area contributed by atoms with Crippen LogP contribution in [0.3, 0.4) is 0 Å². The van der Waals surface area contributed by atoms with Gasteiger partial charge in [0.15, 0.2) is 0 Å².